The van der Waals surface area contributed by atoms with Crippen molar-refractivity contribution in [3.8, 4) is 0 Å². The molecule has 106 valence electrons. The van der Waals surface area contributed by atoms with Gasteiger partial charge in [0, 0.05) is 17.8 Å². The summed E-state index contributed by atoms with van der Waals surface area (Å²) in [7, 11) is 0. The molecule has 0 aliphatic rings. The third-order valence-corrected chi connectivity index (χ3v) is 3.25. The highest BCUT2D eigenvalue weighted by Crippen LogP contribution is 2.29. The normalized spacial score (nSPS) is 11.4. The van der Waals surface area contributed by atoms with Crippen LogP contribution in [0.5, 0.6) is 0 Å². The van der Waals surface area contributed by atoms with E-state index in [0.29, 0.717) is 0 Å². The smallest absolute Gasteiger partial charge is 0.131 e. The van der Waals surface area contributed by atoms with Gasteiger partial charge in [0.15, 0.2) is 0 Å². The Balaban J connectivity index is 2.24. The molecule has 1 nitrogen and oxygen atoms in total. The van der Waals surface area contributed by atoms with E-state index in [0.717, 1.165) is 11.3 Å². The van der Waals surface area contributed by atoms with Gasteiger partial charge in [-0.2, -0.15) is 0 Å². The molecule has 3 heteroatoms. The molecule has 1 N–H and O–H groups in total. The molecule has 0 aliphatic carbocycles. The summed E-state index contributed by atoms with van der Waals surface area (Å²) >= 11 is 0. The first-order valence-electron chi connectivity index (χ1n) is 6.66. The van der Waals surface area contributed by atoms with Gasteiger partial charge in [0.05, 0.1) is 0 Å². The second-order valence-corrected chi connectivity index (χ2v) is 5.85. The maximum absolute atomic E-state index is 13.6. The number of hydrogen-bond donors (Lipinski definition) is 1. The lowest BCUT2D eigenvalue weighted by molar-refractivity contribution is 0.559. The summed E-state index contributed by atoms with van der Waals surface area (Å²) in [5, 5.41) is 3.14. The summed E-state index contributed by atoms with van der Waals surface area (Å²) in [4.78, 5) is 0. The second kappa shape index (κ2) is 5.61. The van der Waals surface area contributed by atoms with Crippen molar-refractivity contribution in [1.82, 2.24) is 0 Å². The first kappa shape index (κ1) is 14.5. The van der Waals surface area contributed by atoms with Crippen LogP contribution in [-0.4, -0.2) is 0 Å². The molecule has 0 saturated heterocycles. The van der Waals surface area contributed by atoms with Crippen molar-refractivity contribution < 1.29 is 8.78 Å². The molecule has 20 heavy (non-hydrogen) atoms. The standard InChI is InChI=1S/C17H19F2N/c1-17(2,3)13-7-4-5-10-16(13)20-11-12-14(18)8-6-9-15(12)19/h4-10,20H,11H2,1-3H3. The topological polar surface area (TPSA) is 12.0 Å². The molecule has 0 aliphatic heterocycles. The minimum atomic E-state index is -0.522. The molecule has 0 heterocycles. The summed E-state index contributed by atoms with van der Waals surface area (Å²) < 4.78 is 27.2. The molecule has 0 atom stereocenters. The minimum Gasteiger partial charge on any atom is -0.381 e. The van der Waals surface area contributed by atoms with Gasteiger partial charge in [0.1, 0.15) is 11.6 Å². The molecule has 0 bridgehead atoms. The molecule has 2 aromatic carbocycles. The van der Waals surface area contributed by atoms with Crippen LogP contribution in [0.2, 0.25) is 0 Å². The van der Waals surface area contributed by atoms with Crippen LogP contribution in [0.3, 0.4) is 0 Å². The predicted molar refractivity (Wildman–Crippen MR) is 78.8 cm³/mol. The second-order valence-electron chi connectivity index (χ2n) is 5.85. The Morgan fingerprint density at radius 2 is 1.50 bits per heavy atom. The van der Waals surface area contributed by atoms with E-state index in [1.807, 2.05) is 24.3 Å². The predicted octanol–water partition coefficient (Wildman–Crippen LogP) is 4.87. The van der Waals surface area contributed by atoms with Gasteiger partial charge in [-0.1, -0.05) is 45.0 Å². The Morgan fingerprint density at radius 1 is 0.900 bits per heavy atom. The van der Waals surface area contributed by atoms with E-state index in [-0.39, 0.29) is 17.5 Å². The van der Waals surface area contributed by atoms with E-state index in [1.165, 1.54) is 18.2 Å². The average molecular weight is 275 g/mol. The maximum Gasteiger partial charge on any atom is 0.131 e. The van der Waals surface area contributed by atoms with E-state index >= 15 is 0 Å². The van der Waals surface area contributed by atoms with Crippen molar-refractivity contribution in [2.24, 2.45) is 0 Å². The summed E-state index contributed by atoms with van der Waals surface area (Å²) in [5.41, 5.74) is 2.06. The Bertz CT molecular complexity index is 580. The molecule has 0 aromatic heterocycles. The monoisotopic (exact) mass is 275 g/mol. The Hall–Kier alpha value is -1.90. The number of rotatable bonds is 3. The minimum absolute atomic E-state index is 0.0304. The SMILES string of the molecule is CC(C)(C)c1ccccc1NCc1c(F)cccc1F. The van der Waals surface area contributed by atoms with Crippen molar-refractivity contribution in [3.05, 3.63) is 65.2 Å². The molecule has 2 rings (SSSR count). The lowest BCUT2D eigenvalue weighted by Gasteiger charge is -2.23. The van der Waals surface area contributed by atoms with E-state index in [9.17, 15) is 8.78 Å². The number of para-hydroxylation sites is 1. The fourth-order valence-electron chi connectivity index (χ4n) is 2.18. The summed E-state index contributed by atoms with van der Waals surface area (Å²) in [6, 6.07) is 11.8. The summed E-state index contributed by atoms with van der Waals surface area (Å²) in [6.07, 6.45) is 0. The number of hydrogen-bond acceptors (Lipinski definition) is 1. The molecule has 2 aromatic rings. The Labute approximate surface area is 118 Å². The van der Waals surface area contributed by atoms with Gasteiger partial charge in [-0.05, 0) is 29.2 Å². The zero-order valence-corrected chi connectivity index (χ0v) is 12.0. The molecule has 0 amide bonds. The number of anilines is 1. The highest BCUT2D eigenvalue weighted by molar-refractivity contribution is 5.54. The van der Waals surface area contributed by atoms with Gasteiger partial charge in [-0.3, -0.25) is 0 Å². The van der Waals surface area contributed by atoms with Crippen LogP contribution >= 0.6 is 0 Å². The zero-order chi connectivity index (χ0) is 14.8. The average Bonchev–Trinajstić information content (AvgIpc) is 2.37. The van der Waals surface area contributed by atoms with Crippen LogP contribution in [0.25, 0.3) is 0 Å². The van der Waals surface area contributed by atoms with Crippen molar-refractivity contribution >= 4 is 5.69 Å². The summed E-state index contributed by atoms with van der Waals surface area (Å²) in [5.74, 6) is -1.04. The largest absolute Gasteiger partial charge is 0.381 e. The lowest BCUT2D eigenvalue weighted by Crippen LogP contribution is -2.15. The highest BCUT2D eigenvalue weighted by atomic mass is 19.1. The highest BCUT2D eigenvalue weighted by Gasteiger charge is 2.17. The third kappa shape index (κ3) is 3.16. The molecule has 0 spiro atoms. The fourth-order valence-corrected chi connectivity index (χ4v) is 2.18. The third-order valence-electron chi connectivity index (χ3n) is 3.25. The zero-order valence-electron chi connectivity index (χ0n) is 12.0. The van der Waals surface area contributed by atoms with Crippen LogP contribution in [-0.2, 0) is 12.0 Å². The van der Waals surface area contributed by atoms with Crippen molar-refractivity contribution in [3.63, 3.8) is 0 Å². The number of nitrogens with one attached hydrogen (secondary N) is 1. The van der Waals surface area contributed by atoms with Crippen LogP contribution in [0, 0.1) is 11.6 Å². The van der Waals surface area contributed by atoms with Crippen LogP contribution in [0.4, 0.5) is 14.5 Å². The van der Waals surface area contributed by atoms with Crippen LogP contribution in [0.15, 0.2) is 42.5 Å². The van der Waals surface area contributed by atoms with Crippen molar-refractivity contribution in [2.75, 3.05) is 5.32 Å². The number of halogens is 2. The van der Waals surface area contributed by atoms with E-state index in [1.54, 1.807) is 0 Å². The molecular formula is C17H19F2N. The Kier molecular flexibility index (Phi) is 4.07. The van der Waals surface area contributed by atoms with E-state index in [4.69, 9.17) is 0 Å². The fraction of sp³-hybridized carbons (Fsp3) is 0.294. The molecule has 0 saturated carbocycles. The first-order chi connectivity index (χ1) is 9.39. The van der Waals surface area contributed by atoms with Gasteiger partial charge >= 0.3 is 0 Å². The van der Waals surface area contributed by atoms with Gasteiger partial charge in [0.25, 0.3) is 0 Å². The first-order valence-corrected chi connectivity index (χ1v) is 6.66. The maximum atomic E-state index is 13.6. The lowest BCUT2D eigenvalue weighted by atomic mass is 9.86. The van der Waals surface area contributed by atoms with E-state index in [2.05, 4.69) is 26.1 Å². The number of benzene rings is 2. The van der Waals surface area contributed by atoms with Gasteiger partial charge in [0.2, 0.25) is 0 Å². The quantitative estimate of drug-likeness (QED) is 0.842. The summed E-state index contributed by atoms with van der Waals surface area (Å²) in [6.45, 7) is 6.46. The van der Waals surface area contributed by atoms with Gasteiger partial charge in [-0.15, -0.1) is 0 Å². The van der Waals surface area contributed by atoms with Gasteiger partial charge < -0.3 is 5.32 Å². The van der Waals surface area contributed by atoms with Crippen LogP contribution < -0.4 is 5.32 Å². The molecular weight excluding hydrogens is 256 g/mol. The van der Waals surface area contributed by atoms with Crippen LogP contribution in [0.1, 0.15) is 31.9 Å². The van der Waals surface area contributed by atoms with E-state index < -0.39 is 11.6 Å². The Morgan fingerprint density at radius 3 is 2.10 bits per heavy atom. The van der Waals surface area contributed by atoms with Crippen molar-refractivity contribution in [1.29, 1.82) is 0 Å². The molecule has 0 fully saturated rings. The van der Waals surface area contributed by atoms with Crippen molar-refractivity contribution in [2.45, 2.75) is 32.7 Å². The molecule has 0 unspecified atom stereocenters. The van der Waals surface area contributed by atoms with Gasteiger partial charge in [-0.25, -0.2) is 8.78 Å². The molecule has 0 radical (unpaired) electrons.